The fourth-order valence-electron chi connectivity index (χ4n) is 2.29. The lowest BCUT2D eigenvalue weighted by atomic mass is 9.91. The smallest absolute Gasteiger partial charge is 0.245 e. The second-order valence-electron chi connectivity index (χ2n) is 7.66. The van der Waals surface area contributed by atoms with E-state index < -0.39 is 0 Å². The second kappa shape index (κ2) is 6.99. The Labute approximate surface area is 142 Å². The first-order valence-corrected chi connectivity index (χ1v) is 8.97. The van der Waals surface area contributed by atoms with Crippen molar-refractivity contribution in [2.24, 2.45) is 11.3 Å². The van der Waals surface area contributed by atoms with Crippen molar-refractivity contribution in [2.75, 3.05) is 18.4 Å². The largest absolute Gasteiger partial charge is 0.333 e. The summed E-state index contributed by atoms with van der Waals surface area (Å²) in [6.07, 6.45) is 2.78. The Bertz CT molecular complexity index is 566. The molecule has 1 aliphatic rings. The summed E-state index contributed by atoms with van der Waals surface area (Å²) < 4.78 is 0. The fourth-order valence-corrected chi connectivity index (χ4v) is 3.12. The molecule has 2 amide bonds. The number of anilines is 1. The van der Waals surface area contributed by atoms with E-state index in [4.69, 9.17) is 0 Å². The Balaban J connectivity index is 1.95. The van der Waals surface area contributed by atoms with Gasteiger partial charge in [-0.2, -0.15) is 0 Å². The lowest BCUT2D eigenvalue weighted by molar-refractivity contribution is -0.136. The zero-order valence-corrected chi connectivity index (χ0v) is 15.5. The van der Waals surface area contributed by atoms with E-state index >= 15 is 0 Å². The molecule has 128 valence electrons. The van der Waals surface area contributed by atoms with Crippen molar-refractivity contribution in [3.8, 4) is 0 Å². The molecule has 0 spiro atoms. The first kappa shape index (κ1) is 17.9. The van der Waals surface area contributed by atoms with Crippen LogP contribution in [0.2, 0.25) is 0 Å². The van der Waals surface area contributed by atoms with Gasteiger partial charge in [0.15, 0.2) is 5.13 Å². The highest BCUT2D eigenvalue weighted by atomic mass is 32.1. The summed E-state index contributed by atoms with van der Waals surface area (Å²) in [5, 5.41) is 3.43. The Kier molecular flexibility index (Phi) is 5.45. The minimum atomic E-state index is -0.165. The van der Waals surface area contributed by atoms with Crippen molar-refractivity contribution in [1.29, 1.82) is 0 Å². The quantitative estimate of drug-likeness (QED) is 0.865. The van der Waals surface area contributed by atoms with Gasteiger partial charge >= 0.3 is 0 Å². The first-order valence-electron chi connectivity index (χ1n) is 8.16. The van der Waals surface area contributed by atoms with E-state index in [1.54, 1.807) is 4.90 Å². The van der Waals surface area contributed by atoms with Crippen LogP contribution >= 0.6 is 11.3 Å². The van der Waals surface area contributed by atoms with Crippen molar-refractivity contribution in [3.05, 3.63) is 10.6 Å². The molecule has 0 bridgehead atoms. The molecule has 6 heteroatoms. The average molecular weight is 337 g/mol. The number of hydrogen-bond acceptors (Lipinski definition) is 4. The number of aromatic nitrogens is 1. The van der Waals surface area contributed by atoms with Crippen molar-refractivity contribution < 1.29 is 9.59 Å². The maximum absolute atomic E-state index is 12.5. The minimum Gasteiger partial charge on any atom is -0.333 e. The number of nitrogens with zero attached hydrogens (tertiary/aromatic N) is 2. The van der Waals surface area contributed by atoms with Gasteiger partial charge in [-0.25, -0.2) is 4.98 Å². The van der Waals surface area contributed by atoms with Crippen LogP contribution in [0.4, 0.5) is 5.13 Å². The van der Waals surface area contributed by atoms with Crippen molar-refractivity contribution in [3.63, 3.8) is 0 Å². The SMILES string of the molecule is Cc1nc(NC(=O)CN(CC2CC2)C(=O)CC(C)(C)C)sc1C. The Morgan fingerprint density at radius 1 is 1.30 bits per heavy atom. The third kappa shape index (κ3) is 5.94. The normalized spacial score (nSPS) is 14.7. The molecule has 1 aromatic heterocycles. The summed E-state index contributed by atoms with van der Waals surface area (Å²) in [5.74, 6) is 0.462. The number of rotatable bonds is 6. The van der Waals surface area contributed by atoms with E-state index in [1.165, 1.54) is 11.3 Å². The molecular formula is C17H27N3O2S. The van der Waals surface area contributed by atoms with Crippen LogP contribution in [0.3, 0.4) is 0 Å². The van der Waals surface area contributed by atoms with E-state index in [1.807, 2.05) is 34.6 Å². The average Bonchev–Trinajstić information content (AvgIpc) is 3.13. The number of thiazole rings is 1. The first-order chi connectivity index (χ1) is 10.6. The summed E-state index contributed by atoms with van der Waals surface area (Å²) in [6.45, 7) is 10.8. The molecule has 0 aliphatic heterocycles. The third-order valence-corrected chi connectivity index (χ3v) is 4.81. The monoisotopic (exact) mass is 337 g/mol. The molecule has 1 aromatic rings. The predicted molar refractivity (Wildman–Crippen MR) is 93.6 cm³/mol. The molecule has 0 unspecified atom stereocenters. The van der Waals surface area contributed by atoms with Gasteiger partial charge in [0, 0.05) is 17.8 Å². The molecule has 0 atom stereocenters. The molecule has 1 fully saturated rings. The van der Waals surface area contributed by atoms with E-state index in [0.29, 0.717) is 24.0 Å². The summed E-state index contributed by atoms with van der Waals surface area (Å²) in [7, 11) is 0. The highest BCUT2D eigenvalue weighted by Gasteiger charge is 2.29. The van der Waals surface area contributed by atoms with Crippen LogP contribution in [0.15, 0.2) is 0 Å². The number of nitrogens with one attached hydrogen (secondary N) is 1. The summed E-state index contributed by atoms with van der Waals surface area (Å²) in [6, 6.07) is 0. The molecular weight excluding hydrogens is 310 g/mol. The van der Waals surface area contributed by atoms with Gasteiger partial charge in [0.2, 0.25) is 11.8 Å². The lowest BCUT2D eigenvalue weighted by Crippen LogP contribution is -2.40. The topological polar surface area (TPSA) is 62.3 Å². The predicted octanol–water partition coefficient (Wildman–Crippen LogP) is 3.37. The van der Waals surface area contributed by atoms with Crippen LogP contribution in [0.25, 0.3) is 0 Å². The van der Waals surface area contributed by atoms with Crippen molar-refractivity contribution >= 4 is 28.3 Å². The summed E-state index contributed by atoms with van der Waals surface area (Å²) in [5.41, 5.74) is 0.864. The molecule has 0 radical (unpaired) electrons. The number of amides is 2. The molecule has 1 N–H and O–H groups in total. The van der Waals surface area contributed by atoms with Crippen LogP contribution in [0.1, 0.15) is 50.6 Å². The van der Waals surface area contributed by atoms with Gasteiger partial charge in [-0.1, -0.05) is 20.8 Å². The highest BCUT2D eigenvalue weighted by molar-refractivity contribution is 7.15. The van der Waals surface area contributed by atoms with Gasteiger partial charge in [0.05, 0.1) is 12.2 Å². The molecule has 0 saturated heterocycles. The molecule has 2 rings (SSSR count). The maximum Gasteiger partial charge on any atom is 0.245 e. The van der Waals surface area contributed by atoms with Gasteiger partial charge in [0.25, 0.3) is 0 Å². The molecule has 1 heterocycles. The van der Waals surface area contributed by atoms with Gasteiger partial charge in [-0.15, -0.1) is 11.3 Å². The van der Waals surface area contributed by atoms with Crippen molar-refractivity contribution in [2.45, 2.75) is 53.9 Å². The summed E-state index contributed by atoms with van der Waals surface area (Å²) >= 11 is 1.47. The minimum absolute atomic E-state index is 0.0612. The lowest BCUT2D eigenvalue weighted by Gasteiger charge is -2.26. The van der Waals surface area contributed by atoms with Gasteiger partial charge < -0.3 is 10.2 Å². The number of aryl methyl sites for hydroxylation is 2. The molecule has 5 nitrogen and oxygen atoms in total. The van der Waals surface area contributed by atoms with Crippen LogP contribution in [-0.4, -0.2) is 34.8 Å². The number of hydrogen-bond donors (Lipinski definition) is 1. The fraction of sp³-hybridized carbons (Fsp3) is 0.706. The van der Waals surface area contributed by atoms with Crippen LogP contribution in [0, 0.1) is 25.2 Å². The maximum atomic E-state index is 12.5. The van der Waals surface area contributed by atoms with E-state index in [-0.39, 0.29) is 23.8 Å². The zero-order valence-electron chi connectivity index (χ0n) is 14.7. The number of carbonyl (C=O) groups is 2. The third-order valence-electron chi connectivity index (χ3n) is 3.82. The standard InChI is InChI=1S/C17H27N3O2S/c1-11-12(2)23-16(18-11)19-14(21)10-20(9-13-6-7-13)15(22)8-17(3,4)5/h13H,6-10H2,1-5H3,(H,18,19,21). The Morgan fingerprint density at radius 2 is 1.96 bits per heavy atom. The molecule has 1 aliphatic carbocycles. The molecule has 23 heavy (non-hydrogen) atoms. The molecule has 1 saturated carbocycles. The van der Waals surface area contributed by atoms with Crippen molar-refractivity contribution in [1.82, 2.24) is 9.88 Å². The molecule has 0 aromatic carbocycles. The Morgan fingerprint density at radius 3 is 2.43 bits per heavy atom. The number of carbonyl (C=O) groups excluding carboxylic acids is 2. The zero-order chi connectivity index (χ0) is 17.2. The van der Waals surface area contributed by atoms with E-state index in [2.05, 4.69) is 10.3 Å². The highest BCUT2D eigenvalue weighted by Crippen LogP contribution is 2.30. The summed E-state index contributed by atoms with van der Waals surface area (Å²) in [4.78, 5) is 31.9. The van der Waals surface area contributed by atoms with Gasteiger partial charge in [-0.3, -0.25) is 9.59 Å². The van der Waals surface area contributed by atoms with E-state index in [0.717, 1.165) is 23.4 Å². The van der Waals surface area contributed by atoms with E-state index in [9.17, 15) is 9.59 Å². The van der Waals surface area contributed by atoms with Crippen LogP contribution < -0.4 is 5.32 Å². The van der Waals surface area contributed by atoms with Crippen LogP contribution in [-0.2, 0) is 9.59 Å². The Hall–Kier alpha value is -1.43. The van der Waals surface area contributed by atoms with Gasteiger partial charge in [0.1, 0.15) is 0 Å². The van der Waals surface area contributed by atoms with Gasteiger partial charge in [-0.05, 0) is 38.0 Å². The van der Waals surface area contributed by atoms with Crippen LogP contribution in [0.5, 0.6) is 0 Å². The second-order valence-corrected chi connectivity index (χ2v) is 8.87.